The molecule has 0 radical (unpaired) electrons. The number of nitrogens with zero attached hydrogens (tertiary/aromatic N) is 1. The van der Waals surface area contributed by atoms with Crippen LogP contribution in [-0.4, -0.2) is 25.5 Å². The van der Waals surface area contributed by atoms with Gasteiger partial charge in [0.05, 0.1) is 12.1 Å². The number of methoxy groups -OCH3 is 1. The molecule has 1 aliphatic heterocycles. The molecule has 0 spiro atoms. The number of hydrogen-bond acceptors (Lipinski definition) is 3. The molecule has 0 atom stereocenters. The monoisotopic (exact) mass is 344 g/mol. The van der Waals surface area contributed by atoms with Gasteiger partial charge in [0.15, 0.2) is 0 Å². The molecule has 0 unspecified atom stereocenters. The zero-order valence-electron chi connectivity index (χ0n) is 13.2. The van der Waals surface area contributed by atoms with Crippen LogP contribution < -0.4 is 15.0 Å². The van der Waals surface area contributed by atoms with Gasteiger partial charge in [-0.1, -0.05) is 29.8 Å². The van der Waals surface area contributed by atoms with Crippen LogP contribution in [0, 0.1) is 0 Å². The molecular formula is C18H17ClN2O3. The van der Waals surface area contributed by atoms with E-state index in [1.807, 2.05) is 24.3 Å². The van der Waals surface area contributed by atoms with Gasteiger partial charge in [-0.15, -0.1) is 0 Å². The first-order valence-corrected chi connectivity index (χ1v) is 7.98. The highest BCUT2D eigenvalue weighted by Gasteiger charge is 2.25. The number of anilines is 2. The van der Waals surface area contributed by atoms with E-state index in [0.29, 0.717) is 29.3 Å². The summed E-state index contributed by atoms with van der Waals surface area (Å²) >= 11 is 6.05. The van der Waals surface area contributed by atoms with E-state index in [2.05, 4.69) is 5.32 Å². The fourth-order valence-electron chi connectivity index (χ4n) is 2.76. The minimum atomic E-state index is -0.277. The number of para-hydroxylation sites is 1. The summed E-state index contributed by atoms with van der Waals surface area (Å²) in [6, 6.07) is 12.6. The second-order valence-electron chi connectivity index (χ2n) is 5.51. The van der Waals surface area contributed by atoms with Gasteiger partial charge in [0.25, 0.3) is 0 Å². The Morgan fingerprint density at radius 2 is 2.04 bits per heavy atom. The standard InChI is InChI=1S/C18H17ClN2O3/c1-24-16-8-7-13(10-14(16)19)20-17(22)11-21-15-5-3-2-4-12(15)6-9-18(21)23/h2-5,7-8,10H,6,9,11H2,1H3,(H,20,22). The van der Waals surface area contributed by atoms with Crippen LogP contribution in [0.1, 0.15) is 12.0 Å². The molecule has 5 nitrogen and oxygen atoms in total. The lowest BCUT2D eigenvalue weighted by atomic mass is 10.0. The van der Waals surface area contributed by atoms with E-state index in [0.717, 1.165) is 11.3 Å². The van der Waals surface area contributed by atoms with Gasteiger partial charge < -0.3 is 15.0 Å². The first-order valence-electron chi connectivity index (χ1n) is 7.60. The molecule has 0 saturated heterocycles. The lowest BCUT2D eigenvalue weighted by Gasteiger charge is -2.28. The fourth-order valence-corrected chi connectivity index (χ4v) is 3.02. The average molecular weight is 345 g/mol. The molecule has 0 saturated carbocycles. The summed E-state index contributed by atoms with van der Waals surface area (Å²) in [5, 5.41) is 3.17. The van der Waals surface area contributed by atoms with Gasteiger partial charge in [-0.2, -0.15) is 0 Å². The van der Waals surface area contributed by atoms with Crippen molar-refractivity contribution in [3.63, 3.8) is 0 Å². The van der Waals surface area contributed by atoms with E-state index in [4.69, 9.17) is 16.3 Å². The maximum atomic E-state index is 12.3. The predicted octanol–water partition coefficient (Wildman–Crippen LogP) is 3.27. The van der Waals surface area contributed by atoms with Gasteiger partial charge in [-0.25, -0.2) is 0 Å². The van der Waals surface area contributed by atoms with Crippen LogP contribution in [0.2, 0.25) is 5.02 Å². The van der Waals surface area contributed by atoms with E-state index < -0.39 is 0 Å². The lowest BCUT2D eigenvalue weighted by molar-refractivity contribution is -0.121. The van der Waals surface area contributed by atoms with E-state index in [1.165, 1.54) is 12.0 Å². The molecule has 1 heterocycles. The number of benzene rings is 2. The molecule has 1 N–H and O–H groups in total. The maximum Gasteiger partial charge on any atom is 0.244 e. The van der Waals surface area contributed by atoms with Gasteiger partial charge in [-0.05, 0) is 36.2 Å². The predicted molar refractivity (Wildman–Crippen MR) is 93.7 cm³/mol. The van der Waals surface area contributed by atoms with E-state index in [1.54, 1.807) is 18.2 Å². The zero-order chi connectivity index (χ0) is 17.1. The first-order chi connectivity index (χ1) is 11.6. The molecule has 0 aliphatic carbocycles. The summed E-state index contributed by atoms with van der Waals surface area (Å²) in [5.74, 6) is 0.215. The normalized spacial score (nSPS) is 13.4. The van der Waals surface area contributed by atoms with Crippen LogP contribution in [0.3, 0.4) is 0 Å². The minimum absolute atomic E-state index is 0.0283. The summed E-state index contributed by atoms with van der Waals surface area (Å²) in [6.07, 6.45) is 1.12. The Morgan fingerprint density at radius 3 is 2.79 bits per heavy atom. The van der Waals surface area contributed by atoms with Crippen LogP contribution in [-0.2, 0) is 16.0 Å². The molecule has 0 fully saturated rings. The second-order valence-corrected chi connectivity index (χ2v) is 5.91. The summed E-state index contributed by atoms with van der Waals surface area (Å²) in [5.41, 5.74) is 2.44. The number of amides is 2. The Morgan fingerprint density at radius 1 is 1.25 bits per heavy atom. The van der Waals surface area contributed by atoms with Gasteiger partial charge in [-0.3, -0.25) is 9.59 Å². The Hall–Kier alpha value is -2.53. The molecule has 0 aromatic heterocycles. The minimum Gasteiger partial charge on any atom is -0.495 e. The summed E-state index contributed by atoms with van der Waals surface area (Å²) < 4.78 is 5.08. The Bertz CT molecular complexity index is 792. The number of rotatable bonds is 4. The number of ether oxygens (including phenoxy) is 1. The number of aryl methyl sites for hydroxylation is 1. The number of hydrogen-bond donors (Lipinski definition) is 1. The highest BCUT2D eigenvalue weighted by molar-refractivity contribution is 6.32. The second kappa shape index (κ2) is 6.93. The topological polar surface area (TPSA) is 58.6 Å². The molecule has 0 bridgehead atoms. The van der Waals surface area contributed by atoms with Crippen molar-refractivity contribution in [2.24, 2.45) is 0 Å². The SMILES string of the molecule is COc1ccc(NC(=O)CN2C(=O)CCc3ccccc32)cc1Cl. The van der Waals surface area contributed by atoms with E-state index in [-0.39, 0.29) is 18.4 Å². The largest absolute Gasteiger partial charge is 0.495 e. The highest BCUT2D eigenvalue weighted by Crippen LogP contribution is 2.29. The molecule has 24 heavy (non-hydrogen) atoms. The molecule has 124 valence electrons. The number of halogens is 1. The van der Waals surface area contributed by atoms with Crippen molar-refractivity contribution in [2.75, 3.05) is 23.9 Å². The molecule has 6 heteroatoms. The first kappa shape index (κ1) is 16.3. The van der Waals surface area contributed by atoms with Crippen molar-refractivity contribution in [1.82, 2.24) is 0 Å². The third-order valence-electron chi connectivity index (χ3n) is 3.93. The Kier molecular flexibility index (Phi) is 4.71. The van der Waals surface area contributed by atoms with Crippen molar-refractivity contribution in [3.8, 4) is 5.75 Å². The molecule has 2 amide bonds. The van der Waals surface area contributed by atoms with Crippen molar-refractivity contribution in [1.29, 1.82) is 0 Å². The van der Waals surface area contributed by atoms with Gasteiger partial charge in [0.2, 0.25) is 11.8 Å². The van der Waals surface area contributed by atoms with Gasteiger partial charge in [0, 0.05) is 17.8 Å². The third-order valence-corrected chi connectivity index (χ3v) is 4.22. The maximum absolute atomic E-state index is 12.3. The molecular weight excluding hydrogens is 328 g/mol. The summed E-state index contributed by atoms with van der Waals surface area (Å²) in [7, 11) is 1.53. The molecule has 2 aromatic carbocycles. The van der Waals surface area contributed by atoms with E-state index in [9.17, 15) is 9.59 Å². The van der Waals surface area contributed by atoms with Crippen LogP contribution in [0.15, 0.2) is 42.5 Å². The van der Waals surface area contributed by atoms with Crippen LogP contribution in [0.4, 0.5) is 11.4 Å². The zero-order valence-corrected chi connectivity index (χ0v) is 14.0. The van der Waals surface area contributed by atoms with Crippen LogP contribution >= 0.6 is 11.6 Å². The van der Waals surface area contributed by atoms with Crippen molar-refractivity contribution < 1.29 is 14.3 Å². The molecule has 2 aromatic rings. The van der Waals surface area contributed by atoms with Gasteiger partial charge in [0.1, 0.15) is 12.3 Å². The van der Waals surface area contributed by atoms with Crippen LogP contribution in [0.25, 0.3) is 0 Å². The number of carbonyl (C=O) groups excluding carboxylic acids is 2. The molecule has 1 aliphatic rings. The average Bonchev–Trinajstić information content (AvgIpc) is 2.58. The van der Waals surface area contributed by atoms with E-state index >= 15 is 0 Å². The van der Waals surface area contributed by atoms with Crippen molar-refractivity contribution in [2.45, 2.75) is 12.8 Å². The van der Waals surface area contributed by atoms with Gasteiger partial charge >= 0.3 is 0 Å². The van der Waals surface area contributed by atoms with Crippen LogP contribution in [0.5, 0.6) is 5.75 Å². The molecule has 3 rings (SSSR count). The highest BCUT2D eigenvalue weighted by atomic mass is 35.5. The fraction of sp³-hybridized carbons (Fsp3) is 0.222. The lowest BCUT2D eigenvalue weighted by Crippen LogP contribution is -2.40. The summed E-state index contributed by atoms with van der Waals surface area (Å²) in [6.45, 7) is -0.0283. The third kappa shape index (κ3) is 3.36. The Labute approximate surface area is 145 Å². The number of carbonyl (C=O) groups is 2. The Balaban J connectivity index is 1.73. The number of nitrogens with one attached hydrogen (secondary N) is 1. The quantitative estimate of drug-likeness (QED) is 0.926. The smallest absolute Gasteiger partial charge is 0.244 e. The number of fused-ring (bicyclic) bond motifs is 1. The summed E-state index contributed by atoms with van der Waals surface area (Å²) in [4.78, 5) is 26.0. The van der Waals surface area contributed by atoms with Crippen molar-refractivity contribution >= 4 is 34.8 Å². The van der Waals surface area contributed by atoms with Crippen molar-refractivity contribution in [3.05, 3.63) is 53.1 Å².